The summed E-state index contributed by atoms with van der Waals surface area (Å²) in [6.07, 6.45) is -0.438. The average molecular weight is 285 g/mol. The van der Waals surface area contributed by atoms with Crippen LogP contribution in [0.5, 0.6) is 0 Å². The lowest BCUT2D eigenvalue weighted by Gasteiger charge is -2.17. The van der Waals surface area contributed by atoms with Gasteiger partial charge in [-0.2, -0.15) is 0 Å². The number of carbonyl (C=O) groups is 1. The van der Waals surface area contributed by atoms with Crippen LogP contribution < -0.4 is 4.72 Å². The van der Waals surface area contributed by atoms with Crippen LogP contribution in [0.25, 0.3) is 0 Å². The second kappa shape index (κ2) is 5.28. The molecule has 1 aromatic rings. The van der Waals surface area contributed by atoms with Crippen LogP contribution >= 0.6 is 0 Å². The summed E-state index contributed by atoms with van der Waals surface area (Å²) in [4.78, 5) is 11.0. The van der Waals surface area contributed by atoms with Gasteiger partial charge in [-0.3, -0.25) is 4.79 Å². The zero-order chi connectivity index (χ0) is 14.0. The molecule has 19 heavy (non-hydrogen) atoms. The van der Waals surface area contributed by atoms with Crippen LogP contribution in [-0.2, 0) is 26.0 Å². The van der Waals surface area contributed by atoms with Gasteiger partial charge in [0.1, 0.15) is 0 Å². The highest BCUT2D eigenvalue weighted by molar-refractivity contribution is 7.90. The van der Waals surface area contributed by atoms with E-state index >= 15 is 0 Å². The monoisotopic (exact) mass is 285 g/mol. The first-order chi connectivity index (χ1) is 8.93. The number of hydrogen-bond acceptors (Lipinski definition) is 5. The van der Waals surface area contributed by atoms with E-state index in [1.54, 1.807) is 12.1 Å². The minimum Gasteiger partial charge on any atom is -0.468 e. The SMILES string of the molecule is COC(=O)CS(=O)(=O)N[C@@H]1c2ccccc2C[C@@H]1O. The van der Waals surface area contributed by atoms with Crippen molar-refractivity contribution in [3.05, 3.63) is 35.4 Å². The van der Waals surface area contributed by atoms with E-state index < -0.39 is 33.9 Å². The van der Waals surface area contributed by atoms with Crippen LogP contribution in [0.3, 0.4) is 0 Å². The van der Waals surface area contributed by atoms with Gasteiger partial charge in [-0.25, -0.2) is 13.1 Å². The highest BCUT2D eigenvalue weighted by atomic mass is 32.2. The molecule has 0 bridgehead atoms. The lowest BCUT2D eigenvalue weighted by Crippen LogP contribution is -2.37. The average Bonchev–Trinajstić information content (AvgIpc) is 2.65. The Morgan fingerprint density at radius 2 is 2.16 bits per heavy atom. The lowest BCUT2D eigenvalue weighted by molar-refractivity contribution is -0.137. The third-order valence-electron chi connectivity index (χ3n) is 3.05. The van der Waals surface area contributed by atoms with Crippen molar-refractivity contribution in [1.82, 2.24) is 4.72 Å². The fourth-order valence-corrected chi connectivity index (χ4v) is 3.35. The van der Waals surface area contributed by atoms with Crippen molar-refractivity contribution < 1.29 is 23.1 Å². The number of esters is 1. The number of benzene rings is 1. The first-order valence-electron chi connectivity index (χ1n) is 5.75. The van der Waals surface area contributed by atoms with Gasteiger partial charge in [0, 0.05) is 6.42 Å². The van der Waals surface area contributed by atoms with Crippen molar-refractivity contribution in [2.75, 3.05) is 12.9 Å². The summed E-state index contributed by atoms with van der Waals surface area (Å²) in [6, 6.07) is 6.49. The number of hydrogen-bond donors (Lipinski definition) is 2. The highest BCUT2D eigenvalue weighted by Gasteiger charge is 2.34. The van der Waals surface area contributed by atoms with E-state index in [1.807, 2.05) is 12.1 Å². The van der Waals surface area contributed by atoms with Crippen LogP contribution in [0.4, 0.5) is 0 Å². The summed E-state index contributed by atoms with van der Waals surface area (Å²) >= 11 is 0. The standard InChI is InChI=1S/C12H15NO5S/c1-18-11(15)7-19(16,17)13-12-9-5-3-2-4-8(9)6-10(12)14/h2-5,10,12-14H,6-7H2,1H3/t10-,12+/m0/s1. The van der Waals surface area contributed by atoms with Gasteiger partial charge in [-0.1, -0.05) is 24.3 Å². The maximum Gasteiger partial charge on any atom is 0.322 e. The Hall–Kier alpha value is -1.44. The van der Waals surface area contributed by atoms with Crippen molar-refractivity contribution in [2.45, 2.75) is 18.6 Å². The summed E-state index contributed by atoms with van der Waals surface area (Å²) in [5, 5.41) is 9.92. The zero-order valence-electron chi connectivity index (χ0n) is 10.4. The van der Waals surface area contributed by atoms with Gasteiger partial charge in [0.05, 0.1) is 19.3 Å². The Morgan fingerprint density at radius 3 is 2.84 bits per heavy atom. The second-order valence-corrected chi connectivity index (χ2v) is 6.15. The van der Waals surface area contributed by atoms with E-state index in [4.69, 9.17) is 0 Å². The molecule has 7 heteroatoms. The van der Waals surface area contributed by atoms with Crippen molar-refractivity contribution in [2.24, 2.45) is 0 Å². The van der Waals surface area contributed by atoms with Crippen molar-refractivity contribution in [3.63, 3.8) is 0 Å². The van der Waals surface area contributed by atoms with Gasteiger partial charge < -0.3 is 9.84 Å². The van der Waals surface area contributed by atoms with E-state index in [9.17, 15) is 18.3 Å². The normalized spacial score (nSPS) is 22.0. The molecule has 1 aliphatic carbocycles. The molecule has 0 fully saturated rings. The molecule has 104 valence electrons. The Bertz CT molecular complexity index is 584. The number of nitrogens with one attached hydrogen (secondary N) is 1. The quantitative estimate of drug-likeness (QED) is 0.743. The largest absolute Gasteiger partial charge is 0.468 e. The van der Waals surface area contributed by atoms with Gasteiger partial charge in [0.2, 0.25) is 10.0 Å². The molecule has 0 saturated heterocycles. The molecule has 2 rings (SSSR count). The van der Waals surface area contributed by atoms with E-state index in [0.717, 1.165) is 18.2 Å². The van der Waals surface area contributed by atoms with Crippen molar-refractivity contribution >= 4 is 16.0 Å². The van der Waals surface area contributed by atoms with Crippen molar-refractivity contribution in [1.29, 1.82) is 0 Å². The van der Waals surface area contributed by atoms with Crippen LogP contribution in [0.15, 0.2) is 24.3 Å². The first kappa shape index (κ1) is 14.0. The van der Waals surface area contributed by atoms with Gasteiger partial charge in [-0.15, -0.1) is 0 Å². The van der Waals surface area contributed by atoms with E-state index in [2.05, 4.69) is 9.46 Å². The van der Waals surface area contributed by atoms with E-state index in [0.29, 0.717) is 6.42 Å². The minimum absolute atomic E-state index is 0.390. The maximum absolute atomic E-state index is 11.8. The number of aliphatic hydroxyl groups is 1. The van der Waals surface area contributed by atoms with E-state index in [1.165, 1.54) is 0 Å². The molecule has 0 amide bonds. The summed E-state index contributed by atoms with van der Waals surface area (Å²) in [5.74, 6) is -1.59. The summed E-state index contributed by atoms with van der Waals surface area (Å²) in [5.41, 5.74) is 1.64. The third-order valence-corrected chi connectivity index (χ3v) is 4.27. The van der Waals surface area contributed by atoms with Gasteiger partial charge in [0.25, 0.3) is 0 Å². The number of sulfonamides is 1. The van der Waals surface area contributed by atoms with E-state index in [-0.39, 0.29) is 0 Å². The maximum atomic E-state index is 11.8. The molecule has 0 heterocycles. The van der Waals surface area contributed by atoms with Crippen LogP contribution in [0.2, 0.25) is 0 Å². The summed E-state index contributed by atoms with van der Waals surface area (Å²) < 4.78 is 30.3. The number of rotatable bonds is 4. The Kier molecular flexibility index (Phi) is 3.88. The number of carbonyl (C=O) groups excluding carboxylic acids is 1. The number of ether oxygens (including phenoxy) is 1. The predicted molar refractivity (Wildman–Crippen MR) is 67.8 cm³/mol. The zero-order valence-corrected chi connectivity index (χ0v) is 11.2. The third kappa shape index (κ3) is 3.12. The topological polar surface area (TPSA) is 92.7 Å². The number of methoxy groups -OCH3 is 1. The highest BCUT2D eigenvalue weighted by Crippen LogP contribution is 2.31. The second-order valence-electron chi connectivity index (χ2n) is 4.40. The number of aliphatic hydroxyl groups excluding tert-OH is 1. The molecule has 6 nitrogen and oxygen atoms in total. The molecule has 2 atom stereocenters. The molecule has 0 aliphatic heterocycles. The molecule has 1 aromatic carbocycles. The molecule has 0 saturated carbocycles. The smallest absolute Gasteiger partial charge is 0.322 e. The lowest BCUT2D eigenvalue weighted by atomic mass is 10.1. The van der Waals surface area contributed by atoms with Gasteiger partial charge in [-0.05, 0) is 11.1 Å². The molecule has 2 N–H and O–H groups in total. The molecule has 0 spiro atoms. The molecule has 0 unspecified atom stereocenters. The molecular weight excluding hydrogens is 270 g/mol. The summed E-state index contributed by atoms with van der Waals surface area (Å²) in [6.45, 7) is 0. The van der Waals surface area contributed by atoms with Gasteiger partial charge >= 0.3 is 5.97 Å². The molecule has 0 aromatic heterocycles. The Balaban J connectivity index is 2.18. The van der Waals surface area contributed by atoms with Crippen LogP contribution in [-0.4, -0.2) is 38.5 Å². The molecule has 1 aliphatic rings. The minimum atomic E-state index is -3.84. The fourth-order valence-electron chi connectivity index (χ4n) is 2.17. The Morgan fingerprint density at radius 1 is 1.47 bits per heavy atom. The number of fused-ring (bicyclic) bond motifs is 1. The fraction of sp³-hybridized carbons (Fsp3) is 0.417. The summed E-state index contributed by atoms with van der Waals surface area (Å²) in [7, 11) is -2.71. The molecule has 0 radical (unpaired) electrons. The van der Waals surface area contributed by atoms with Crippen molar-refractivity contribution in [3.8, 4) is 0 Å². The van der Waals surface area contributed by atoms with Gasteiger partial charge in [0.15, 0.2) is 5.75 Å². The van der Waals surface area contributed by atoms with Crippen LogP contribution in [0, 0.1) is 0 Å². The van der Waals surface area contributed by atoms with Crippen LogP contribution in [0.1, 0.15) is 17.2 Å². The Labute approximate surface area is 111 Å². The molecular formula is C12H15NO5S. The predicted octanol–water partition coefficient (Wildman–Crippen LogP) is -0.263. The first-order valence-corrected chi connectivity index (χ1v) is 7.41.